The summed E-state index contributed by atoms with van der Waals surface area (Å²) in [5, 5.41) is 10.6. The molecule has 0 spiro atoms. The molecule has 0 unspecified atom stereocenters. The van der Waals surface area contributed by atoms with E-state index >= 15 is 0 Å². The first kappa shape index (κ1) is 19.6. The van der Waals surface area contributed by atoms with Crippen molar-refractivity contribution in [2.75, 3.05) is 11.9 Å². The highest BCUT2D eigenvalue weighted by Gasteiger charge is 2.16. The lowest BCUT2D eigenvalue weighted by atomic mass is 9.92. The largest absolute Gasteiger partial charge is 0.484 e. The van der Waals surface area contributed by atoms with Gasteiger partial charge in [0.2, 0.25) is 12.3 Å². The Balaban J connectivity index is 1.66. The lowest BCUT2D eigenvalue weighted by molar-refractivity contribution is -0.118. The summed E-state index contributed by atoms with van der Waals surface area (Å²) in [7, 11) is 0. The molecule has 0 aliphatic heterocycles. The van der Waals surface area contributed by atoms with Crippen LogP contribution in [0.2, 0.25) is 0 Å². The molecule has 1 heterocycles. The maximum Gasteiger partial charge on any atom is 0.262 e. The van der Waals surface area contributed by atoms with Crippen molar-refractivity contribution in [2.45, 2.75) is 39.5 Å². The molecule has 28 heavy (non-hydrogen) atoms. The van der Waals surface area contributed by atoms with Gasteiger partial charge in [0.25, 0.3) is 5.91 Å². The number of amides is 1. The molecule has 146 valence electrons. The molecule has 0 atom stereocenters. The minimum absolute atomic E-state index is 0.0656. The summed E-state index contributed by atoms with van der Waals surface area (Å²) in [5.41, 5.74) is 3.95. The quantitative estimate of drug-likeness (QED) is 0.625. The molecule has 2 aromatic carbocycles. The predicted molar refractivity (Wildman–Crippen MR) is 108 cm³/mol. The van der Waals surface area contributed by atoms with Gasteiger partial charge in [-0.3, -0.25) is 4.79 Å². The summed E-state index contributed by atoms with van der Waals surface area (Å²) in [6, 6.07) is 13.3. The number of aromatic nitrogens is 2. The second kappa shape index (κ2) is 8.69. The third kappa shape index (κ3) is 4.57. The van der Waals surface area contributed by atoms with E-state index in [9.17, 15) is 4.79 Å². The number of nitrogens with zero attached hydrogens (tertiary/aromatic N) is 2. The number of benzene rings is 2. The number of para-hydroxylation sites is 1. The van der Waals surface area contributed by atoms with Crippen molar-refractivity contribution in [3.05, 3.63) is 60.0 Å². The van der Waals surface area contributed by atoms with Crippen LogP contribution in [0.1, 0.15) is 50.7 Å². The molecule has 0 bridgehead atoms. The van der Waals surface area contributed by atoms with Gasteiger partial charge in [-0.25, -0.2) is 0 Å². The number of anilines is 1. The number of nitrogens with one attached hydrogen (secondary N) is 1. The van der Waals surface area contributed by atoms with Crippen molar-refractivity contribution in [2.24, 2.45) is 0 Å². The second-order valence-corrected chi connectivity index (χ2v) is 7.23. The Morgan fingerprint density at radius 1 is 1.04 bits per heavy atom. The number of carbonyl (C=O) groups is 1. The van der Waals surface area contributed by atoms with Gasteiger partial charge in [0.05, 0.1) is 0 Å². The molecule has 3 aromatic rings. The summed E-state index contributed by atoms with van der Waals surface area (Å²) in [5.74, 6) is 1.48. The predicted octanol–water partition coefficient (Wildman–Crippen LogP) is 5.00. The average Bonchev–Trinajstić information content (AvgIpc) is 3.21. The lowest BCUT2D eigenvalue weighted by Gasteiger charge is -2.20. The Labute approximate surface area is 164 Å². The molecular weight excluding hydrogens is 354 g/mol. The van der Waals surface area contributed by atoms with Crippen LogP contribution in [0, 0.1) is 0 Å². The fraction of sp³-hybridized carbons (Fsp3) is 0.318. The third-order valence-corrected chi connectivity index (χ3v) is 4.47. The molecule has 6 nitrogen and oxygen atoms in total. The number of hydrogen-bond donors (Lipinski definition) is 1. The molecule has 0 saturated carbocycles. The Morgan fingerprint density at radius 2 is 1.68 bits per heavy atom. The van der Waals surface area contributed by atoms with Gasteiger partial charge in [-0.2, -0.15) is 0 Å². The Hall–Kier alpha value is -3.15. The van der Waals surface area contributed by atoms with Crippen LogP contribution in [0.3, 0.4) is 0 Å². The SMILES string of the molecule is CC(C)c1cccc(C(C)C)c1NC(=O)COc1ccc(-c2nnco2)cc1. The topological polar surface area (TPSA) is 77.2 Å². The monoisotopic (exact) mass is 379 g/mol. The van der Waals surface area contributed by atoms with E-state index in [1.54, 1.807) is 12.1 Å². The molecule has 0 fully saturated rings. The van der Waals surface area contributed by atoms with Crippen LogP contribution in [0.4, 0.5) is 5.69 Å². The van der Waals surface area contributed by atoms with E-state index in [1.807, 2.05) is 18.2 Å². The van der Waals surface area contributed by atoms with Crippen LogP contribution < -0.4 is 10.1 Å². The number of ether oxygens (including phenoxy) is 1. The van der Waals surface area contributed by atoms with Crippen LogP contribution in [0.25, 0.3) is 11.5 Å². The standard InChI is InChI=1S/C22H25N3O3/c1-14(2)18-6-5-7-19(15(3)4)21(18)24-20(26)12-27-17-10-8-16(9-11-17)22-25-23-13-28-22/h5-11,13-15H,12H2,1-4H3,(H,24,26). The molecule has 0 aliphatic rings. The van der Waals surface area contributed by atoms with Gasteiger partial charge in [0.15, 0.2) is 6.61 Å². The Bertz CT molecular complexity index is 890. The van der Waals surface area contributed by atoms with Crippen molar-refractivity contribution in [1.82, 2.24) is 10.2 Å². The normalized spacial score (nSPS) is 11.1. The molecule has 0 aliphatic carbocycles. The summed E-state index contributed by atoms with van der Waals surface area (Å²) >= 11 is 0. The minimum Gasteiger partial charge on any atom is -0.484 e. The van der Waals surface area contributed by atoms with Gasteiger partial charge >= 0.3 is 0 Å². The smallest absolute Gasteiger partial charge is 0.262 e. The van der Waals surface area contributed by atoms with Crippen molar-refractivity contribution in [3.63, 3.8) is 0 Å². The van der Waals surface area contributed by atoms with E-state index in [-0.39, 0.29) is 12.5 Å². The zero-order valence-corrected chi connectivity index (χ0v) is 16.6. The maximum atomic E-state index is 12.5. The van der Waals surface area contributed by atoms with Crippen LogP contribution in [-0.2, 0) is 4.79 Å². The first-order valence-corrected chi connectivity index (χ1v) is 9.37. The maximum absolute atomic E-state index is 12.5. The summed E-state index contributed by atoms with van der Waals surface area (Å²) < 4.78 is 10.8. The summed E-state index contributed by atoms with van der Waals surface area (Å²) in [4.78, 5) is 12.5. The van der Waals surface area contributed by atoms with Gasteiger partial charge in [-0.05, 0) is 47.2 Å². The second-order valence-electron chi connectivity index (χ2n) is 7.23. The molecule has 1 aromatic heterocycles. The van der Waals surface area contributed by atoms with Crippen molar-refractivity contribution in [3.8, 4) is 17.2 Å². The van der Waals surface area contributed by atoms with Crippen LogP contribution in [0.15, 0.2) is 53.3 Å². The molecule has 3 rings (SSSR count). The Kier molecular flexibility index (Phi) is 6.09. The molecule has 0 saturated heterocycles. The van der Waals surface area contributed by atoms with E-state index in [0.29, 0.717) is 23.5 Å². The van der Waals surface area contributed by atoms with Gasteiger partial charge < -0.3 is 14.5 Å². The first-order valence-electron chi connectivity index (χ1n) is 9.37. The van der Waals surface area contributed by atoms with Crippen LogP contribution >= 0.6 is 0 Å². The van der Waals surface area contributed by atoms with E-state index in [1.165, 1.54) is 6.39 Å². The lowest BCUT2D eigenvalue weighted by Crippen LogP contribution is -2.22. The van der Waals surface area contributed by atoms with Crippen LogP contribution in [0.5, 0.6) is 5.75 Å². The third-order valence-electron chi connectivity index (χ3n) is 4.47. The number of carbonyl (C=O) groups excluding carboxylic acids is 1. The molecular formula is C22H25N3O3. The summed E-state index contributed by atoms with van der Waals surface area (Å²) in [6.07, 6.45) is 1.28. The van der Waals surface area contributed by atoms with E-state index in [4.69, 9.17) is 9.15 Å². The van der Waals surface area contributed by atoms with Gasteiger partial charge in [0.1, 0.15) is 5.75 Å². The molecule has 1 amide bonds. The highest BCUT2D eigenvalue weighted by molar-refractivity contribution is 5.93. The van der Waals surface area contributed by atoms with E-state index in [0.717, 1.165) is 22.4 Å². The van der Waals surface area contributed by atoms with E-state index < -0.39 is 0 Å². The van der Waals surface area contributed by atoms with Gasteiger partial charge in [0, 0.05) is 11.3 Å². The van der Waals surface area contributed by atoms with Crippen molar-refractivity contribution >= 4 is 11.6 Å². The zero-order valence-electron chi connectivity index (χ0n) is 16.6. The van der Waals surface area contributed by atoms with Gasteiger partial charge in [-0.1, -0.05) is 45.9 Å². The Morgan fingerprint density at radius 3 is 2.21 bits per heavy atom. The minimum atomic E-state index is -0.184. The van der Waals surface area contributed by atoms with E-state index in [2.05, 4.69) is 55.3 Å². The molecule has 1 N–H and O–H groups in total. The van der Waals surface area contributed by atoms with Crippen molar-refractivity contribution < 1.29 is 13.9 Å². The fourth-order valence-corrected chi connectivity index (χ4v) is 3.01. The highest BCUT2D eigenvalue weighted by Crippen LogP contribution is 2.32. The molecule has 6 heteroatoms. The average molecular weight is 379 g/mol. The first-order chi connectivity index (χ1) is 13.5. The fourth-order valence-electron chi connectivity index (χ4n) is 3.01. The highest BCUT2D eigenvalue weighted by atomic mass is 16.5. The number of hydrogen-bond acceptors (Lipinski definition) is 5. The summed E-state index contributed by atoms with van der Waals surface area (Å²) in [6.45, 7) is 8.42. The number of rotatable bonds is 7. The molecule has 0 radical (unpaired) electrons. The van der Waals surface area contributed by atoms with Gasteiger partial charge in [-0.15, -0.1) is 10.2 Å². The van der Waals surface area contributed by atoms with Crippen molar-refractivity contribution in [1.29, 1.82) is 0 Å². The van der Waals surface area contributed by atoms with Crippen LogP contribution in [-0.4, -0.2) is 22.7 Å². The zero-order chi connectivity index (χ0) is 20.1.